The van der Waals surface area contributed by atoms with Crippen LogP contribution < -0.4 is 31.7 Å². The number of H-pyrrole nitrogens is 1. The normalized spacial score (nSPS) is 19.0. The van der Waals surface area contributed by atoms with Crippen LogP contribution in [0.4, 0.5) is 5.69 Å². The van der Waals surface area contributed by atoms with E-state index in [9.17, 15) is 14.4 Å². The number of nitrogens with two attached hydrogens (primary N) is 1. The van der Waals surface area contributed by atoms with Gasteiger partial charge >= 0.3 is 0 Å². The summed E-state index contributed by atoms with van der Waals surface area (Å²) in [6.07, 6.45) is 4.46. The molecule has 1 saturated carbocycles. The minimum atomic E-state index is -0.842. The zero-order valence-corrected chi connectivity index (χ0v) is 29.7. The Bertz CT molecular complexity index is 1790. The Morgan fingerprint density at radius 2 is 1.76 bits per heavy atom. The third kappa shape index (κ3) is 9.29. The molecule has 1 aromatic heterocycles. The fourth-order valence-electron chi connectivity index (χ4n) is 6.86. The maximum atomic E-state index is 13.9. The molecule has 14 heteroatoms. The van der Waals surface area contributed by atoms with Crippen molar-refractivity contribution in [3.8, 4) is 28.3 Å². The van der Waals surface area contributed by atoms with E-state index in [0.29, 0.717) is 35.3 Å². The van der Waals surface area contributed by atoms with Gasteiger partial charge in [-0.2, -0.15) is 5.21 Å². The third-order valence-electron chi connectivity index (χ3n) is 9.82. The van der Waals surface area contributed by atoms with Gasteiger partial charge in [0.2, 0.25) is 17.6 Å². The van der Waals surface area contributed by atoms with Crippen LogP contribution in [0.3, 0.4) is 0 Å². The van der Waals surface area contributed by atoms with E-state index < -0.39 is 6.04 Å². The molecule has 2 heterocycles. The van der Waals surface area contributed by atoms with Gasteiger partial charge in [0.15, 0.2) is 0 Å². The second kappa shape index (κ2) is 17.4. The zero-order valence-electron chi connectivity index (χ0n) is 28.9. The summed E-state index contributed by atoms with van der Waals surface area (Å²) in [7, 11) is 1.62. The lowest BCUT2D eigenvalue weighted by Gasteiger charge is -2.28. The summed E-state index contributed by atoms with van der Waals surface area (Å²) in [5, 5.41) is 26.5. The number of benzene rings is 3. The summed E-state index contributed by atoms with van der Waals surface area (Å²) in [5.41, 5.74) is 11.3. The van der Waals surface area contributed by atoms with E-state index in [4.69, 9.17) is 10.5 Å². The Balaban J connectivity index is 0.00000504. The molecule has 1 aliphatic carbocycles. The number of aromatic nitrogens is 4. The van der Waals surface area contributed by atoms with Crippen molar-refractivity contribution in [3.63, 3.8) is 0 Å². The largest absolute Gasteiger partial charge is 0.496 e. The van der Waals surface area contributed by atoms with Crippen molar-refractivity contribution in [2.45, 2.75) is 57.5 Å². The van der Waals surface area contributed by atoms with Gasteiger partial charge in [-0.1, -0.05) is 12.1 Å². The number of aromatic amines is 1. The molecule has 0 bridgehead atoms. The molecule has 0 spiro atoms. The predicted octanol–water partition coefficient (Wildman–Crippen LogP) is 3.80. The number of nitrogens with zero attached hydrogens (tertiary/aromatic N) is 3. The van der Waals surface area contributed by atoms with Crippen LogP contribution in [0, 0.1) is 18.8 Å². The maximum absolute atomic E-state index is 13.9. The number of carbonyl (C=O) groups excluding carboxylic acids is 3. The van der Waals surface area contributed by atoms with E-state index >= 15 is 0 Å². The molecule has 13 nitrogen and oxygen atoms in total. The Morgan fingerprint density at radius 3 is 2.41 bits per heavy atom. The lowest BCUT2D eigenvalue weighted by Crippen LogP contribution is -2.48. The molecule has 0 radical (unpaired) electrons. The van der Waals surface area contributed by atoms with Crippen LogP contribution in [0.1, 0.15) is 53.6 Å². The van der Waals surface area contributed by atoms with E-state index in [-0.39, 0.29) is 48.5 Å². The topological polar surface area (TPSA) is 189 Å². The van der Waals surface area contributed by atoms with Crippen LogP contribution in [0.5, 0.6) is 5.75 Å². The Kier molecular flexibility index (Phi) is 12.8. The Morgan fingerprint density at radius 1 is 0.980 bits per heavy atom. The molecule has 1 saturated heterocycles. The minimum Gasteiger partial charge on any atom is -0.496 e. The summed E-state index contributed by atoms with van der Waals surface area (Å²) in [6.45, 7) is 4.26. The lowest BCUT2D eigenvalue weighted by molar-refractivity contribution is -0.130. The van der Waals surface area contributed by atoms with Crippen molar-refractivity contribution < 1.29 is 19.1 Å². The monoisotopic (exact) mass is 715 g/mol. The van der Waals surface area contributed by atoms with Gasteiger partial charge in [-0.05, 0) is 128 Å². The maximum Gasteiger partial charge on any atom is 0.251 e. The number of methoxy groups -OCH3 is 1. The number of hydrogen-bond acceptors (Lipinski definition) is 9. The molecule has 4 aromatic rings. The van der Waals surface area contributed by atoms with Gasteiger partial charge in [0.25, 0.3) is 5.91 Å². The molecule has 3 amide bonds. The molecular formula is C37H46ClN9O4. The zero-order chi connectivity index (χ0) is 35.0. The number of nitrogens with one attached hydrogen (secondary N) is 5. The van der Waals surface area contributed by atoms with Gasteiger partial charge in [0.1, 0.15) is 11.8 Å². The third-order valence-corrected chi connectivity index (χ3v) is 9.82. The van der Waals surface area contributed by atoms with E-state index in [1.54, 1.807) is 31.4 Å². The summed E-state index contributed by atoms with van der Waals surface area (Å²) in [5.74, 6) is 0.819. The predicted molar refractivity (Wildman–Crippen MR) is 198 cm³/mol. The average Bonchev–Trinajstić information content (AvgIpc) is 3.87. The Hall–Kier alpha value is -4.85. The number of tetrazole rings is 1. The number of hydrogen-bond donors (Lipinski definition) is 6. The van der Waals surface area contributed by atoms with Gasteiger partial charge in [0.05, 0.1) is 7.11 Å². The van der Waals surface area contributed by atoms with Crippen molar-refractivity contribution in [2.24, 2.45) is 17.6 Å². The van der Waals surface area contributed by atoms with Crippen molar-refractivity contribution in [2.75, 3.05) is 32.1 Å². The number of halogens is 1. The van der Waals surface area contributed by atoms with E-state index in [1.165, 1.54) is 0 Å². The molecule has 0 unspecified atom stereocenters. The first-order valence-electron chi connectivity index (χ1n) is 17.3. The number of ether oxygens (including phenoxy) is 1. The van der Waals surface area contributed by atoms with E-state index in [1.807, 2.05) is 43.3 Å². The first kappa shape index (κ1) is 37.4. The van der Waals surface area contributed by atoms with Gasteiger partial charge in [0, 0.05) is 47.3 Å². The van der Waals surface area contributed by atoms with Crippen LogP contribution in [0.2, 0.25) is 0 Å². The van der Waals surface area contributed by atoms with Crippen LogP contribution in [-0.2, 0) is 16.0 Å². The minimum absolute atomic E-state index is 0. The highest BCUT2D eigenvalue weighted by molar-refractivity contribution is 5.98. The quantitative estimate of drug-likeness (QED) is 0.127. The number of amides is 3. The molecule has 6 rings (SSSR count). The van der Waals surface area contributed by atoms with E-state index in [0.717, 1.165) is 73.0 Å². The van der Waals surface area contributed by atoms with Crippen molar-refractivity contribution in [3.05, 3.63) is 77.4 Å². The van der Waals surface area contributed by atoms with Gasteiger partial charge < -0.3 is 31.7 Å². The second-order valence-corrected chi connectivity index (χ2v) is 13.2. The smallest absolute Gasteiger partial charge is 0.251 e. The van der Waals surface area contributed by atoms with E-state index in [2.05, 4.69) is 41.9 Å². The van der Waals surface area contributed by atoms with Crippen LogP contribution >= 0.6 is 12.4 Å². The number of aryl methyl sites for hydroxylation is 1. The highest BCUT2D eigenvalue weighted by Crippen LogP contribution is 2.34. The molecule has 2 fully saturated rings. The lowest BCUT2D eigenvalue weighted by atomic mass is 9.81. The molecule has 2 aliphatic rings. The number of anilines is 1. The molecular weight excluding hydrogens is 670 g/mol. The van der Waals surface area contributed by atoms with Crippen molar-refractivity contribution in [1.82, 2.24) is 36.6 Å². The molecule has 7 N–H and O–H groups in total. The SMILES string of the molecule is COc1ccc(C[C@H](NC(=O)[C@H]2CC[C@H](CN)CC2)C(=O)Nc2ccc(-c3nn[nH]n3)cc2)cc1-c1ccc(C(=O)N[C@@H]2CCNC2)cc1C.Cl. The van der Waals surface area contributed by atoms with Crippen LogP contribution in [0.15, 0.2) is 60.7 Å². The summed E-state index contributed by atoms with van der Waals surface area (Å²) in [6, 6.07) is 17.8. The van der Waals surface area contributed by atoms with Gasteiger partial charge in [-0.3, -0.25) is 14.4 Å². The van der Waals surface area contributed by atoms with Crippen LogP contribution in [0.25, 0.3) is 22.5 Å². The summed E-state index contributed by atoms with van der Waals surface area (Å²) < 4.78 is 5.75. The molecule has 2 atom stereocenters. The molecule has 1 aliphatic heterocycles. The standard InChI is InChI=1S/C37H45N9O4.ClH/c1-22-17-27(36(48)41-29-15-16-39-21-29)10-13-30(22)31-18-24(5-14-33(31)50-2)19-32(42-35(47)26-6-3-23(20-38)4-7-26)37(49)40-28-11-8-25(9-12-28)34-43-45-46-44-34;/h5,8-14,17-18,23,26,29,32,39H,3-4,6-7,15-16,19-21,38H2,1-2H3,(H,40,49)(H,41,48)(H,42,47)(H,43,44,45,46);1H/t23-,26-,29-,32+;/m1./s1. The first-order valence-corrected chi connectivity index (χ1v) is 17.3. The molecule has 51 heavy (non-hydrogen) atoms. The summed E-state index contributed by atoms with van der Waals surface area (Å²) in [4.78, 5) is 40.4. The molecule has 3 aromatic carbocycles. The van der Waals surface area contributed by atoms with Gasteiger partial charge in [-0.15, -0.1) is 22.6 Å². The fraction of sp³-hybridized carbons (Fsp3) is 0.405. The number of carbonyl (C=O) groups is 3. The van der Waals surface area contributed by atoms with Crippen LogP contribution in [-0.4, -0.2) is 77.2 Å². The number of rotatable bonds is 12. The van der Waals surface area contributed by atoms with Crippen molar-refractivity contribution >= 4 is 35.8 Å². The fourth-order valence-corrected chi connectivity index (χ4v) is 6.86. The first-order chi connectivity index (χ1) is 24.3. The second-order valence-electron chi connectivity index (χ2n) is 13.2. The highest BCUT2D eigenvalue weighted by atomic mass is 35.5. The van der Waals surface area contributed by atoms with Gasteiger partial charge in [-0.25, -0.2) is 0 Å². The average molecular weight is 716 g/mol. The van der Waals surface area contributed by atoms with Crippen molar-refractivity contribution in [1.29, 1.82) is 0 Å². The molecule has 270 valence electrons. The Labute approximate surface area is 303 Å². The summed E-state index contributed by atoms with van der Waals surface area (Å²) >= 11 is 0. The highest BCUT2D eigenvalue weighted by Gasteiger charge is 2.30.